The molecule has 0 fully saturated rings. The van der Waals surface area contributed by atoms with Gasteiger partial charge in [0.25, 0.3) is 0 Å². The first kappa shape index (κ1) is 13.2. The Labute approximate surface area is 110 Å². The van der Waals surface area contributed by atoms with Crippen LogP contribution < -0.4 is 5.32 Å². The van der Waals surface area contributed by atoms with Gasteiger partial charge >= 0.3 is 5.97 Å². The molecule has 7 heteroatoms. The average molecular weight is 261 g/mol. The van der Waals surface area contributed by atoms with E-state index < -0.39 is 5.97 Å². The summed E-state index contributed by atoms with van der Waals surface area (Å²) in [5.41, 5.74) is 2.52. The highest BCUT2D eigenvalue weighted by Crippen LogP contribution is 2.07. The smallest absolute Gasteiger partial charge is 0.339 e. The van der Waals surface area contributed by atoms with Gasteiger partial charge in [0.2, 0.25) is 0 Å². The molecule has 0 spiro atoms. The zero-order valence-corrected chi connectivity index (χ0v) is 10.8. The fourth-order valence-electron chi connectivity index (χ4n) is 1.67. The number of carbonyl (C=O) groups is 1. The summed E-state index contributed by atoms with van der Waals surface area (Å²) in [6, 6.07) is 0. The second kappa shape index (κ2) is 5.57. The SMILES string of the molecule is Cc1cnc(CNCc2c(C(=O)O)cnn2C)cn1. The molecule has 0 unspecified atom stereocenters. The second-order valence-electron chi connectivity index (χ2n) is 4.19. The minimum atomic E-state index is -0.972. The maximum Gasteiger partial charge on any atom is 0.339 e. The number of carboxylic acid groups (broad SMARTS) is 1. The molecule has 0 saturated carbocycles. The van der Waals surface area contributed by atoms with Crippen LogP contribution in [0.3, 0.4) is 0 Å². The molecule has 0 bridgehead atoms. The lowest BCUT2D eigenvalue weighted by Crippen LogP contribution is -2.18. The third kappa shape index (κ3) is 3.14. The molecular formula is C12H15N5O2. The number of carboxylic acids is 1. The molecule has 2 heterocycles. The van der Waals surface area contributed by atoms with E-state index in [0.29, 0.717) is 18.8 Å². The van der Waals surface area contributed by atoms with E-state index in [1.807, 2.05) is 6.92 Å². The first-order chi connectivity index (χ1) is 9.08. The standard InChI is InChI=1S/C12H15N5O2/c1-8-3-15-9(5-14-8)4-13-7-11-10(12(18)19)6-16-17(11)2/h3,5-6,13H,4,7H2,1-2H3,(H,18,19). The Kier molecular flexibility index (Phi) is 3.86. The first-order valence-electron chi connectivity index (χ1n) is 5.80. The maximum atomic E-state index is 11.0. The van der Waals surface area contributed by atoms with Crippen molar-refractivity contribution >= 4 is 5.97 Å². The molecule has 0 atom stereocenters. The van der Waals surface area contributed by atoms with Crippen molar-refractivity contribution < 1.29 is 9.90 Å². The van der Waals surface area contributed by atoms with E-state index in [0.717, 1.165) is 11.4 Å². The predicted molar refractivity (Wildman–Crippen MR) is 67.5 cm³/mol. The summed E-state index contributed by atoms with van der Waals surface area (Å²) in [7, 11) is 1.72. The number of nitrogens with one attached hydrogen (secondary N) is 1. The molecular weight excluding hydrogens is 246 g/mol. The van der Waals surface area contributed by atoms with Gasteiger partial charge in [-0.15, -0.1) is 0 Å². The van der Waals surface area contributed by atoms with E-state index in [4.69, 9.17) is 5.11 Å². The van der Waals surface area contributed by atoms with Gasteiger partial charge in [0.15, 0.2) is 0 Å². The fourth-order valence-corrected chi connectivity index (χ4v) is 1.67. The van der Waals surface area contributed by atoms with Crippen molar-refractivity contribution in [2.75, 3.05) is 0 Å². The minimum absolute atomic E-state index is 0.213. The molecule has 100 valence electrons. The van der Waals surface area contributed by atoms with E-state index in [1.165, 1.54) is 6.20 Å². The van der Waals surface area contributed by atoms with Crippen LogP contribution in [0.15, 0.2) is 18.6 Å². The monoisotopic (exact) mass is 261 g/mol. The first-order valence-corrected chi connectivity index (χ1v) is 5.80. The van der Waals surface area contributed by atoms with Gasteiger partial charge in [0.05, 0.1) is 23.3 Å². The molecule has 19 heavy (non-hydrogen) atoms. The quantitative estimate of drug-likeness (QED) is 0.814. The molecule has 2 rings (SSSR count). The Balaban J connectivity index is 1.97. The molecule has 0 aliphatic heterocycles. The molecule has 7 nitrogen and oxygen atoms in total. The van der Waals surface area contributed by atoms with Crippen LogP contribution in [0.5, 0.6) is 0 Å². The van der Waals surface area contributed by atoms with Gasteiger partial charge < -0.3 is 10.4 Å². The van der Waals surface area contributed by atoms with Crippen LogP contribution in [-0.4, -0.2) is 30.8 Å². The molecule has 0 radical (unpaired) electrons. The normalized spacial score (nSPS) is 10.6. The highest BCUT2D eigenvalue weighted by atomic mass is 16.4. The largest absolute Gasteiger partial charge is 0.478 e. The van der Waals surface area contributed by atoms with Crippen molar-refractivity contribution in [3.05, 3.63) is 41.2 Å². The zero-order chi connectivity index (χ0) is 13.8. The van der Waals surface area contributed by atoms with Crippen LogP contribution in [0.25, 0.3) is 0 Å². The van der Waals surface area contributed by atoms with E-state index in [1.54, 1.807) is 24.1 Å². The Morgan fingerprint density at radius 2 is 2.11 bits per heavy atom. The van der Waals surface area contributed by atoms with Crippen LogP contribution in [0.4, 0.5) is 0 Å². The number of nitrogens with zero attached hydrogens (tertiary/aromatic N) is 4. The second-order valence-corrected chi connectivity index (χ2v) is 4.19. The summed E-state index contributed by atoms with van der Waals surface area (Å²) in [6.45, 7) is 2.81. The van der Waals surface area contributed by atoms with E-state index in [2.05, 4.69) is 20.4 Å². The molecule has 0 saturated heterocycles. The van der Waals surface area contributed by atoms with Crippen molar-refractivity contribution in [3.63, 3.8) is 0 Å². The summed E-state index contributed by atoms with van der Waals surface area (Å²) >= 11 is 0. The number of rotatable bonds is 5. The molecule has 0 aliphatic rings. The van der Waals surface area contributed by atoms with Gasteiger partial charge in [-0.25, -0.2) is 4.79 Å². The average Bonchev–Trinajstić information content (AvgIpc) is 2.74. The highest BCUT2D eigenvalue weighted by molar-refractivity contribution is 5.88. The van der Waals surface area contributed by atoms with Crippen molar-refractivity contribution in [1.29, 1.82) is 0 Å². The minimum Gasteiger partial charge on any atom is -0.478 e. The Morgan fingerprint density at radius 3 is 2.74 bits per heavy atom. The van der Waals surface area contributed by atoms with Gasteiger partial charge in [-0.05, 0) is 6.92 Å². The van der Waals surface area contributed by atoms with Crippen LogP contribution in [0.2, 0.25) is 0 Å². The summed E-state index contributed by atoms with van der Waals surface area (Å²) < 4.78 is 1.55. The zero-order valence-electron chi connectivity index (χ0n) is 10.8. The molecule has 2 N–H and O–H groups in total. The Hall–Kier alpha value is -2.28. The Morgan fingerprint density at radius 1 is 1.32 bits per heavy atom. The van der Waals surface area contributed by atoms with Crippen LogP contribution in [0.1, 0.15) is 27.4 Å². The van der Waals surface area contributed by atoms with Gasteiger partial charge in [0.1, 0.15) is 5.56 Å². The number of aromatic nitrogens is 4. The lowest BCUT2D eigenvalue weighted by atomic mass is 10.2. The van der Waals surface area contributed by atoms with Crippen LogP contribution in [0, 0.1) is 6.92 Å². The van der Waals surface area contributed by atoms with Gasteiger partial charge in [-0.1, -0.05) is 0 Å². The third-order valence-corrected chi connectivity index (χ3v) is 2.72. The predicted octanol–water partition coefficient (Wildman–Crippen LogP) is 0.507. The molecule has 0 aliphatic carbocycles. The van der Waals surface area contributed by atoms with Crippen LogP contribution >= 0.6 is 0 Å². The summed E-state index contributed by atoms with van der Waals surface area (Å²) in [6.07, 6.45) is 4.75. The Bertz CT molecular complexity index is 576. The molecule has 2 aromatic rings. The van der Waals surface area contributed by atoms with Gasteiger partial charge in [-0.3, -0.25) is 14.6 Å². The van der Waals surface area contributed by atoms with Crippen molar-refractivity contribution in [1.82, 2.24) is 25.1 Å². The highest BCUT2D eigenvalue weighted by Gasteiger charge is 2.14. The number of hydrogen-bond donors (Lipinski definition) is 2. The van der Waals surface area contributed by atoms with Crippen molar-refractivity contribution in [2.24, 2.45) is 7.05 Å². The molecule has 2 aromatic heterocycles. The number of hydrogen-bond acceptors (Lipinski definition) is 5. The maximum absolute atomic E-state index is 11.0. The van der Waals surface area contributed by atoms with Crippen LogP contribution in [-0.2, 0) is 20.1 Å². The summed E-state index contributed by atoms with van der Waals surface area (Å²) in [4.78, 5) is 19.4. The van der Waals surface area contributed by atoms with Crippen molar-refractivity contribution in [3.8, 4) is 0 Å². The molecule has 0 amide bonds. The van der Waals surface area contributed by atoms with Gasteiger partial charge in [-0.2, -0.15) is 5.10 Å². The number of aromatic carboxylic acids is 1. The van der Waals surface area contributed by atoms with E-state index >= 15 is 0 Å². The number of aryl methyl sites for hydroxylation is 2. The topological polar surface area (TPSA) is 92.9 Å². The molecule has 0 aromatic carbocycles. The lowest BCUT2D eigenvalue weighted by Gasteiger charge is -2.06. The third-order valence-electron chi connectivity index (χ3n) is 2.72. The lowest BCUT2D eigenvalue weighted by molar-refractivity contribution is 0.0695. The summed E-state index contributed by atoms with van der Waals surface area (Å²) in [5, 5.41) is 16.1. The van der Waals surface area contributed by atoms with E-state index in [-0.39, 0.29) is 5.56 Å². The summed E-state index contributed by atoms with van der Waals surface area (Å²) in [5.74, 6) is -0.972. The van der Waals surface area contributed by atoms with E-state index in [9.17, 15) is 4.79 Å². The van der Waals surface area contributed by atoms with Gasteiger partial charge in [0, 0.05) is 32.5 Å². The fraction of sp³-hybridized carbons (Fsp3) is 0.333. The van der Waals surface area contributed by atoms with Crippen molar-refractivity contribution in [2.45, 2.75) is 20.0 Å².